The van der Waals surface area contributed by atoms with E-state index in [1.807, 2.05) is 0 Å². The summed E-state index contributed by atoms with van der Waals surface area (Å²) in [5.41, 5.74) is 0.595. The number of hydrogen-bond acceptors (Lipinski definition) is 3. The standard InChI is InChI=1S/C6H10N2O2/c7-4-1-2-5(6(9)10)8-3-4/h5,7-8H,1-3H2,(H,9,10)/t5-/m0/s1. The number of aliphatic carboxylic acids is 1. The molecule has 0 aliphatic carbocycles. The first kappa shape index (κ1) is 7.21. The molecule has 4 nitrogen and oxygen atoms in total. The van der Waals surface area contributed by atoms with Crippen LogP contribution in [0.1, 0.15) is 12.8 Å². The Bertz CT molecular complexity index is 157. The predicted octanol–water partition coefficient (Wildman–Crippen LogP) is -0.157. The molecule has 1 aliphatic heterocycles. The second kappa shape index (κ2) is 2.79. The van der Waals surface area contributed by atoms with Crippen LogP contribution in [-0.2, 0) is 4.79 Å². The summed E-state index contributed by atoms with van der Waals surface area (Å²) < 4.78 is 0. The number of nitrogens with one attached hydrogen (secondary N) is 2. The van der Waals surface area contributed by atoms with E-state index in [2.05, 4.69) is 5.32 Å². The van der Waals surface area contributed by atoms with Gasteiger partial charge in [-0.05, 0) is 12.8 Å². The number of hydrogen-bond donors (Lipinski definition) is 3. The van der Waals surface area contributed by atoms with Crippen LogP contribution in [-0.4, -0.2) is 29.4 Å². The Labute approximate surface area is 58.7 Å². The number of rotatable bonds is 1. The van der Waals surface area contributed by atoms with Gasteiger partial charge in [-0.25, -0.2) is 0 Å². The van der Waals surface area contributed by atoms with Gasteiger partial charge >= 0.3 is 5.97 Å². The smallest absolute Gasteiger partial charge is 0.320 e. The van der Waals surface area contributed by atoms with E-state index in [4.69, 9.17) is 10.5 Å². The maximum Gasteiger partial charge on any atom is 0.320 e. The molecular formula is C6H10N2O2. The van der Waals surface area contributed by atoms with Gasteiger partial charge in [-0.1, -0.05) is 0 Å². The molecule has 0 saturated carbocycles. The lowest BCUT2D eigenvalue weighted by Gasteiger charge is -2.19. The molecule has 4 heteroatoms. The summed E-state index contributed by atoms with van der Waals surface area (Å²) in [5.74, 6) is -0.812. The Morgan fingerprint density at radius 3 is 2.90 bits per heavy atom. The van der Waals surface area contributed by atoms with Gasteiger partial charge in [-0.3, -0.25) is 10.1 Å². The number of carboxylic acids is 1. The fraction of sp³-hybridized carbons (Fsp3) is 0.667. The zero-order chi connectivity index (χ0) is 7.56. The first-order chi connectivity index (χ1) is 4.70. The van der Waals surface area contributed by atoms with Crippen molar-refractivity contribution in [2.75, 3.05) is 6.54 Å². The summed E-state index contributed by atoms with van der Waals surface area (Å²) >= 11 is 0. The maximum absolute atomic E-state index is 10.3. The third-order valence-corrected chi connectivity index (χ3v) is 1.59. The van der Waals surface area contributed by atoms with Crippen molar-refractivity contribution in [3.8, 4) is 0 Å². The molecule has 0 aromatic rings. The van der Waals surface area contributed by atoms with Crippen molar-refractivity contribution in [1.29, 1.82) is 5.41 Å². The largest absolute Gasteiger partial charge is 0.480 e. The van der Waals surface area contributed by atoms with Crippen molar-refractivity contribution >= 4 is 11.7 Å². The highest BCUT2D eigenvalue weighted by molar-refractivity contribution is 5.86. The molecule has 0 unspecified atom stereocenters. The van der Waals surface area contributed by atoms with E-state index in [1.54, 1.807) is 0 Å². The van der Waals surface area contributed by atoms with Gasteiger partial charge in [0.2, 0.25) is 0 Å². The summed E-state index contributed by atoms with van der Waals surface area (Å²) in [5, 5.41) is 18.4. The van der Waals surface area contributed by atoms with Crippen molar-refractivity contribution in [2.45, 2.75) is 18.9 Å². The monoisotopic (exact) mass is 142 g/mol. The van der Waals surface area contributed by atoms with Crippen molar-refractivity contribution in [1.82, 2.24) is 5.32 Å². The second-order valence-electron chi connectivity index (χ2n) is 2.41. The Hall–Kier alpha value is -0.900. The van der Waals surface area contributed by atoms with Gasteiger partial charge in [0, 0.05) is 12.3 Å². The molecule has 1 aliphatic rings. The molecule has 0 aromatic carbocycles. The van der Waals surface area contributed by atoms with E-state index < -0.39 is 12.0 Å². The van der Waals surface area contributed by atoms with E-state index in [0.717, 1.165) is 0 Å². The van der Waals surface area contributed by atoms with Crippen molar-refractivity contribution in [3.05, 3.63) is 0 Å². The van der Waals surface area contributed by atoms with Crippen molar-refractivity contribution in [2.24, 2.45) is 0 Å². The fourth-order valence-corrected chi connectivity index (χ4v) is 0.966. The average Bonchev–Trinajstić information content (AvgIpc) is 1.88. The summed E-state index contributed by atoms with van der Waals surface area (Å²) in [6.45, 7) is 0.428. The Kier molecular flexibility index (Phi) is 2.01. The minimum atomic E-state index is -0.812. The highest BCUT2D eigenvalue weighted by atomic mass is 16.4. The Morgan fingerprint density at radius 2 is 2.50 bits per heavy atom. The molecular weight excluding hydrogens is 132 g/mol. The minimum Gasteiger partial charge on any atom is -0.480 e. The third-order valence-electron chi connectivity index (χ3n) is 1.59. The van der Waals surface area contributed by atoms with E-state index in [0.29, 0.717) is 25.1 Å². The molecule has 0 spiro atoms. The van der Waals surface area contributed by atoms with Crippen LogP contribution >= 0.6 is 0 Å². The average molecular weight is 142 g/mol. The van der Waals surface area contributed by atoms with E-state index >= 15 is 0 Å². The van der Waals surface area contributed by atoms with Crippen molar-refractivity contribution < 1.29 is 9.90 Å². The van der Waals surface area contributed by atoms with Crippen molar-refractivity contribution in [3.63, 3.8) is 0 Å². The molecule has 1 rings (SSSR count). The van der Waals surface area contributed by atoms with Crippen LogP contribution in [0.25, 0.3) is 0 Å². The number of carbonyl (C=O) groups is 1. The van der Waals surface area contributed by atoms with Gasteiger partial charge in [0.1, 0.15) is 6.04 Å². The van der Waals surface area contributed by atoms with Gasteiger partial charge in [-0.15, -0.1) is 0 Å². The minimum absolute atomic E-state index is 0.428. The molecule has 1 atom stereocenters. The molecule has 10 heavy (non-hydrogen) atoms. The maximum atomic E-state index is 10.3. The van der Waals surface area contributed by atoms with Crippen LogP contribution in [0.5, 0.6) is 0 Å². The van der Waals surface area contributed by atoms with Crippen LogP contribution in [0.2, 0.25) is 0 Å². The highest BCUT2D eigenvalue weighted by Crippen LogP contribution is 2.03. The van der Waals surface area contributed by atoms with Gasteiger partial charge in [0.05, 0.1) is 0 Å². The molecule has 0 bridgehead atoms. The van der Waals surface area contributed by atoms with Gasteiger partial charge in [-0.2, -0.15) is 0 Å². The predicted molar refractivity (Wildman–Crippen MR) is 36.4 cm³/mol. The van der Waals surface area contributed by atoms with Crippen LogP contribution in [0.15, 0.2) is 0 Å². The topological polar surface area (TPSA) is 73.2 Å². The fourth-order valence-electron chi connectivity index (χ4n) is 0.966. The van der Waals surface area contributed by atoms with Gasteiger partial charge in [0.15, 0.2) is 0 Å². The van der Waals surface area contributed by atoms with Crippen LogP contribution in [0.4, 0.5) is 0 Å². The SMILES string of the molecule is N=C1CC[C@@H](C(=O)O)NC1. The molecule has 0 radical (unpaired) electrons. The summed E-state index contributed by atoms with van der Waals surface area (Å²) in [6, 6.07) is -0.436. The molecule has 3 N–H and O–H groups in total. The highest BCUT2D eigenvalue weighted by Gasteiger charge is 2.21. The third kappa shape index (κ3) is 1.54. The summed E-state index contributed by atoms with van der Waals surface area (Å²) in [6.07, 6.45) is 1.16. The molecule has 56 valence electrons. The van der Waals surface area contributed by atoms with Crippen LogP contribution in [0.3, 0.4) is 0 Å². The Morgan fingerprint density at radius 1 is 1.80 bits per heavy atom. The quantitative estimate of drug-likeness (QED) is 0.476. The van der Waals surface area contributed by atoms with Crippen LogP contribution in [0, 0.1) is 5.41 Å². The number of piperidine rings is 1. The van der Waals surface area contributed by atoms with E-state index in [1.165, 1.54) is 0 Å². The molecule has 0 amide bonds. The first-order valence-electron chi connectivity index (χ1n) is 3.22. The normalized spacial score (nSPS) is 26.4. The van der Waals surface area contributed by atoms with Gasteiger partial charge < -0.3 is 10.5 Å². The molecule has 1 fully saturated rings. The zero-order valence-corrected chi connectivity index (χ0v) is 5.55. The zero-order valence-electron chi connectivity index (χ0n) is 5.55. The molecule has 1 heterocycles. The Balaban J connectivity index is 2.40. The number of carboxylic acid groups (broad SMARTS) is 1. The van der Waals surface area contributed by atoms with Gasteiger partial charge in [0.25, 0.3) is 0 Å². The lowest BCUT2D eigenvalue weighted by Crippen LogP contribution is -2.43. The van der Waals surface area contributed by atoms with E-state index in [9.17, 15) is 4.79 Å². The summed E-state index contributed by atoms with van der Waals surface area (Å²) in [7, 11) is 0. The second-order valence-corrected chi connectivity index (χ2v) is 2.41. The van der Waals surface area contributed by atoms with E-state index in [-0.39, 0.29) is 0 Å². The lowest BCUT2D eigenvalue weighted by atomic mass is 10.0. The lowest BCUT2D eigenvalue weighted by molar-refractivity contribution is -0.139. The van der Waals surface area contributed by atoms with Crippen LogP contribution < -0.4 is 5.32 Å². The summed E-state index contributed by atoms with van der Waals surface area (Å²) in [4.78, 5) is 10.3. The molecule has 0 aromatic heterocycles. The first-order valence-corrected chi connectivity index (χ1v) is 3.22. The molecule has 1 saturated heterocycles.